The zero-order valence-corrected chi connectivity index (χ0v) is 14.0. The number of nitrogens with one attached hydrogen (secondary N) is 1. The third-order valence-electron chi connectivity index (χ3n) is 3.48. The maximum atomic E-state index is 4.91. The van der Waals surface area contributed by atoms with E-state index in [1.54, 1.807) is 0 Å². The summed E-state index contributed by atoms with van der Waals surface area (Å²) in [5.74, 6) is 0. The summed E-state index contributed by atoms with van der Waals surface area (Å²) >= 11 is 1.81. The zero-order valence-electron chi connectivity index (χ0n) is 13.2. The van der Waals surface area contributed by atoms with Crippen LogP contribution in [0.3, 0.4) is 0 Å². The molecule has 0 aliphatic carbocycles. The van der Waals surface area contributed by atoms with E-state index in [-0.39, 0.29) is 0 Å². The van der Waals surface area contributed by atoms with Gasteiger partial charge in [0, 0.05) is 30.1 Å². The van der Waals surface area contributed by atoms with Crippen molar-refractivity contribution in [3.8, 4) is 11.3 Å². The van der Waals surface area contributed by atoms with Gasteiger partial charge in [0.05, 0.1) is 5.69 Å². The van der Waals surface area contributed by atoms with Crippen molar-refractivity contribution in [3.05, 3.63) is 35.2 Å². The molecule has 1 heterocycles. The fraction of sp³-hybridized carbons (Fsp3) is 0.471. The third kappa shape index (κ3) is 4.05. The summed E-state index contributed by atoms with van der Waals surface area (Å²) in [5, 5.41) is 4.63. The number of rotatable bonds is 8. The van der Waals surface area contributed by atoms with E-state index in [4.69, 9.17) is 4.98 Å². The van der Waals surface area contributed by atoms with Crippen molar-refractivity contribution >= 4 is 16.5 Å². The molecule has 0 saturated carbocycles. The summed E-state index contributed by atoms with van der Waals surface area (Å²) in [6.45, 7) is 10.5. The van der Waals surface area contributed by atoms with E-state index in [1.807, 2.05) is 11.3 Å². The summed E-state index contributed by atoms with van der Waals surface area (Å²) < 4.78 is 0. The van der Waals surface area contributed by atoms with Gasteiger partial charge in [0.15, 0.2) is 5.13 Å². The lowest BCUT2D eigenvalue weighted by Gasteiger charge is -2.16. The molecule has 1 aromatic carbocycles. The fourth-order valence-electron chi connectivity index (χ4n) is 2.29. The predicted octanol–water partition coefficient (Wildman–Crippen LogP) is 4.16. The van der Waals surface area contributed by atoms with Crippen LogP contribution < -0.4 is 10.2 Å². The molecule has 0 saturated heterocycles. The number of thiazole rings is 1. The van der Waals surface area contributed by atoms with Gasteiger partial charge in [0.1, 0.15) is 0 Å². The molecule has 0 unspecified atom stereocenters. The monoisotopic (exact) mass is 303 g/mol. The molecule has 0 atom stereocenters. The molecule has 0 spiro atoms. The summed E-state index contributed by atoms with van der Waals surface area (Å²) in [4.78, 5) is 8.56. The highest BCUT2D eigenvalue weighted by Gasteiger charge is 2.15. The van der Waals surface area contributed by atoms with Gasteiger partial charge >= 0.3 is 0 Å². The van der Waals surface area contributed by atoms with Crippen molar-refractivity contribution in [1.82, 2.24) is 10.3 Å². The van der Waals surface area contributed by atoms with Gasteiger partial charge in [-0.25, -0.2) is 4.98 Å². The lowest BCUT2D eigenvalue weighted by atomic mass is 10.1. The Bertz CT molecular complexity index is 532. The van der Waals surface area contributed by atoms with Crippen molar-refractivity contribution in [2.24, 2.45) is 0 Å². The molecule has 2 aromatic rings. The lowest BCUT2D eigenvalue weighted by Crippen LogP contribution is -2.21. The van der Waals surface area contributed by atoms with Crippen LogP contribution in [0.4, 0.5) is 5.13 Å². The van der Waals surface area contributed by atoms with E-state index >= 15 is 0 Å². The second-order valence-corrected chi connectivity index (χ2v) is 6.05. The molecular weight excluding hydrogens is 278 g/mol. The summed E-state index contributed by atoms with van der Waals surface area (Å²) in [6.07, 6.45) is 1.16. The normalized spacial score (nSPS) is 10.8. The van der Waals surface area contributed by atoms with Gasteiger partial charge in [0.25, 0.3) is 0 Å². The maximum Gasteiger partial charge on any atom is 0.186 e. The molecule has 0 bridgehead atoms. The summed E-state index contributed by atoms with van der Waals surface area (Å²) in [7, 11) is 0. The van der Waals surface area contributed by atoms with Crippen LogP contribution in [0.2, 0.25) is 0 Å². The number of hydrogen-bond acceptors (Lipinski definition) is 4. The van der Waals surface area contributed by atoms with E-state index in [2.05, 4.69) is 61.3 Å². The zero-order chi connectivity index (χ0) is 15.1. The number of aromatic nitrogens is 1. The average Bonchev–Trinajstić information content (AvgIpc) is 2.94. The summed E-state index contributed by atoms with van der Waals surface area (Å²) in [5.41, 5.74) is 2.34. The van der Waals surface area contributed by atoms with Crippen LogP contribution in [-0.4, -0.2) is 24.6 Å². The molecule has 1 N–H and O–H groups in total. The first kappa shape index (κ1) is 16.0. The van der Waals surface area contributed by atoms with E-state index in [0.717, 1.165) is 43.4 Å². The topological polar surface area (TPSA) is 28.2 Å². The van der Waals surface area contributed by atoms with Gasteiger partial charge < -0.3 is 10.2 Å². The molecule has 0 radical (unpaired) electrons. The SMILES string of the molecule is CCCNCc1sc(N(CC)CC)nc1-c1ccccc1. The van der Waals surface area contributed by atoms with Crippen molar-refractivity contribution in [2.45, 2.75) is 33.7 Å². The van der Waals surface area contributed by atoms with Crippen molar-refractivity contribution in [2.75, 3.05) is 24.5 Å². The first-order valence-corrected chi connectivity index (χ1v) is 8.62. The average molecular weight is 303 g/mol. The number of hydrogen-bond donors (Lipinski definition) is 1. The minimum Gasteiger partial charge on any atom is -0.349 e. The second-order valence-electron chi connectivity index (χ2n) is 4.98. The highest BCUT2D eigenvalue weighted by molar-refractivity contribution is 7.16. The number of nitrogens with zero attached hydrogens (tertiary/aromatic N) is 2. The van der Waals surface area contributed by atoms with Gasteiger partial charge in [-0.1, -0.05) is 48.6 Å². The van der Waals surface area contributed by atoms with Crippen molar-refractivity contribution < 1.29 is 0 Å². The Labute approximate surface area is 132 Å². The van der Waals surface area contributed by atoms with E-state index < -0.39 is 0 Å². The maximum absolute atomic E-state index is 4.91. The Morgan fingerprint density at radius 3 is 2.43 bits per heavy atom. The van der Waals surface area contributed by atoms with Crippen LogP contribution >= 0.6 is 11.3 Å². The minimum atomic E-state index is 0.900. The molecule has 1 aromatic heterocycles. The molecule has 4 heteroatoms. The Morgan fingerprint density at radius 2 is 1.81 bits per heavy atom. The molecule has 2 rings (SSSR count). The van der Waals surface area contributed by atoms with Crippen molar-refractivity contribution in [1.29, 1.82) is 0 Å². The number of benzene rings is 1. The van der Waals surface area contributed by atoms with Crippen LogP contribution in [0.15, 0.2) is 30.3 Å². The Balaban J connectivity index is 2.31. The highest BCUT2D eigenvalue weighted by Crippen LogP contribution is 2.33. The molecule has 0 aliphatic rings. The van der Waals surface area contributed by atoms with Gasteiger partial charge in [0.2, 0.25) is 0 Å². The van der Waals surface area contributed by atoms with Gasteiger partial charge in [-0.2, -0.15) is 0 Å². The van der Waals surface area contributed by atoms with Gasteiger partial charge in [-0.05, 0) is 26.8 Å². The molecule has 0 aliphatic heterocycles. The third-order valence-corrected chi connectivity index (χ3v) is 4.60. The first-order chi connectivity index (χ1) is 10.3. The van der Waals surface area contributed by atoms with Crippen LogP contribution in [0.5, 0.6) is 0 Å². The Hall–Kier alpha value is -1.39. The largest absolute Gasteiger partial charge is 0.349 e. The fourth-order valence-corrected chi connectivity index (χ4v) is 3.47. The standard InChI is InChI=1S/C17H25N3S/c1-4-12-18-13-15-16(14-10-8-7-9-11-14)19-17(21-15)20(5-2)6-3/h7-11,18H,4-6,12-13H2,1-3H3. The van der Waals surface area contributed by atoms with E-state index in [1.165, 1.54) is 10.4 Å². The molecule has 0 fully saturated rings. The van der Waals surface area contributed by atoms with E-state index in [0.29, 0.717) is 0 Å². The van der Waals surface area contributed by atoms with E-state index in [9.17, 15) is 0 Å². The number of anilines is 1. The second kappa shape index (κ2) is 8.15. The predicted molar refractivity (Wildman–Crippen MR) is 93.1 cm³/mol. The molecule has 0 amide bonds. The quantitative estimate of drug-likeness (QED) is 0.742. The molecule has 21 heavy (non-hydrogen) atoms. The van der Waals surface area contributed by atoms with Gasteiger partial charge in [-0.3, -0.25) is 0 Å². The minimum absolute atomic E-state index is 0.900. The molecule has 3 nitrogen and oxygen atoms in total. The highest BCUT2D eigenvalue weighted by atomic mass is 32.1. The Kier molecular flexibility index (Phi) is 6.21. The van der Waals surface area contributed by atoms with Gasteiger partial charge in [-0.15, -0.1) is 0 Å². The molecule has 114 valence electrons. The first-order valence-electron chi connectivity index (χ1n) is 7.80. The smallest absolute Gasteiger partial charge is 0.186 e. The molecular formula is C17H25N3S. The van der Waals surface area contributed by atoms with Crippen LogP contribution in [0, 0.1) is 0 Å². The summed E-state index contributed by atoms with van der Waals surface area (Å²) in [6, 6.07) is 10.5. The van der Waals surface area contributed by atoms with Crippen LogP contribution in [0.25, 0.3) is 11.3 Å². The van der Waals surface area contributed by atoms with Crippen LogP contribution in [-0.2, 0) is 6.54 Å². The lowest BCUT2D eigenvalue weighted by molar-refractivity contribution is 0.681. The van der Waals surface area contributed by atoms with Crippen molar-refractivity contribution in [3.63, 3.8) is 0 Å². The Morgan fingerprint density at radius 1 is 1.10 bits per heavy atom. The van der Waals surface area contributed by atoms with Crippen LogP contribution in [0.1, 0.15) is 32.1 Å².